The standard InChI is InChI=1S/C19H13NO2/c1-11-6-7-12-13-8-9-17-19(18(13)20-14(12)10-11)22-16-5-3-2-4-15(16)21-17/h2-10,20H,1H3. The van der Waals surface area contributed by atoms with Crippen molar-refractivity contribution in [2.75, 3.05) is 0 Å². The highest BCUT2D eigenvalue weighted by Gasteiger charge is 2.22. The zero-order chi connectivity index (χ0) is 14.7. The second-order valence-electron chi connectivity index (χ2n) is 5.64. The summed E-state index contributed by atoms with van der Waals surface area (Å²) in [6.45, 7) is 2.09. The number of H-pyrrole nitrogens is 1. The van der Waals surface area contributed by atoms with Crippen LogP contribution in [0.3, 0.4) is 0 Å². The van der Waals surface area contributed by atoms with Gasteiger partial charge in [-0.05, 0) is 42.8 Å². The van der Waals surface area contributed by atoms with Crippen molar-refractivity contribution in [3.63, 3.8) is 0 Å². The van der Waals surface area contributed by atoms with Crippen LogP contribution in [0.1, 0.15) is 5.56 Å². The van der Waals surface area contributed by atoms with E-state index in [1.54, 1.807) is 0 Å². The van der Waals surface area contributed by atoms with E-state index in [0.29, 0.717) is 0 Å². The van der Waals surface area contributed by atoms with Crippen LogP contribution in [0, 0.1) is 6.92 Å². The number of hydrogen-bond acceptors (Lipinski definition) is 2. The Labute approximate surface area is 127 Å². The molecule has 0 saturated carbocycles. The summed E-state index contributed by atoms with van der Waals surface area (Å²) in [7, 11) is 0. The van der Waals surface area contributed by atoms with Gasteiger partial charge in [-0.25, -0.2) is 0 Å². The van der Waals surface area contributed by atoms with Gasteiger partial charge in [0.1, 0.15) is 0 Å². The summed E-state index contributed by atoms with van der Waals surface area (Å²) in [5.74, 6) is 3.00. The topological polar surface area (TPSA) is 34.2 Å². The number of rotatable bonds is 0. The predicted octanol–water partition coefficient (Wildman–Crippen LogP) is 5.53. The maximum atomic E-state index is 6.09. The van der Waals surface area contributed by atoms with Gasteiger partial charge in [-0.2, -0.15) is 0 Å². The van der Waals surface area contributed by atoms with Gasteiger partial charge in [0.2, 0.25) is 0 Å². The van der Waals surface area contributed by atoms with Crippen LogP contribution < -0.4 is 9.47 Å². The average Bonchev–Trinajstić information content (AvgIpc) is 2.91. The van der Waals surface area contributed by atoms with E-state index in [0.717, 1.165) is 39.4 Å². The van der Waals surface area contributed by atoms with Gasteiger partial charge in [0.15, 0.2) is 23.0 Å². The third kappa shape index (κ3) is 1.51. The molecule has 3 heteroatoms. The fourth-order valence-corrected chi connectivity index (χ4v) is 3.07. The van der Waals surface area contributed by atoms with Crippen LogP contribution >= 0.6 is 0 Å². The minimum absolute atomic E-state index is 0.745. The number of aryl methyl sites for hydroxylation is 1. The number of nitrogens with one attached hydrogen (secondary N) is 1. The zero-order valence-electron chi connectivity index (χ0n) is 12.0. The molecule has 4 aromatic rings. The number of fused-ring (bicyclic) bond motifs is 6. The molecule has 0 bridgehead atoms. The molecule has 106 valence electrons. The second-order valence-corrected chi connectivity index (χ2v) is 5.64. The van der Waals surface area contributed by atoms with Gasteiger partial charge in [0.05, 0.1) is 5.52 Å². The van der Waals surface area contributed by atoms with Crippen molar-refractivity contribution in [1.82, 2.24) is 4.98 Å². The molecule has 0 radical (unpaired) electrons. The first-order valence-electron chi connectivity index (χ1n) is 7.29. The van der Waals surface area contributed by atoms with Crippen molar-refractivity contribution in [2.45, 2.75) is 6.92 Å². The van der Waals surface area contributed by atoms with Crippen LogP contribution in [0.25, 0.3) is 21.8 Å². The van der Waals surface area contributed by atoms with Gasteiger partial charge >= 0.3 is 0 Å². The Morgan fingerprint density at radius 2 is 1.55 bits per heavy atom. The van der Waals surface area contributed by atoms with Crippen molar-refractivity contribution in [2.24, 2.45) is 0 Å². The first-order chi connectivity index (χ1) is 10.8. The van der Waals surface area contributed by atoms with E-state index in [1.165, 1.54) is 10.9 Å². The monoisotopic (exact) mass is 287 g/mol. The molecule has 0 atom stereocenters. The van der Waals surface area contributed by atoms with E-state index in [9.17, 15) is 0 Å². The SMILES string of the molecule is Cc1ccc2c(c1)[nH]c1c3c(ccc12)Oc1ccccc1O3. The molecule has 3 aromatic carbocycles. The Bertz CT molecular complexity index is 1050. The highest BCUT2D eigenvalue weighted by Crippen LogP contribution is 2.49. The summed E-state index contributed by atoms with van der Waals surface area (Å²) in [5, 5.41) is 2.35. The molecule has 2 heterocycles. The molecule has 22 heavy (non-hydrogen) atoms. The Kier molecular flexibility index (Phi) is 2.15. The van der Waals surface area contributed by atoms with Crippen molar-refractivity contribution < 1.29 is 9.47 Å². The Hall–Kier alpha value is -2.94. The molecule has 3 nitrogen and oxygen atoms in total. The number of aromatic nitrogens is 1. The normalized spacial score (nSPS) is 12.6. The lowest BCUT2D eigenvalue weighted by molar-refractivity contribution is 0.363. The number of benzene rings is 3. The maximum Gasteiger partial charge on any atom is 0.194 e. The molecule has 0 spiro atoms. The van der Waals surface area contributed by atoms with Crippen LogP contribution in [0.15, 0.2) is 54.6 Å². The van der Waals surface area contributed by atoms with Crippen molar-refractivity contribution in [3.05, 3.63) is 60.2 Å². The maximum absolute atomic E-state index is 6.09. The van der Waals surface area contributed by atoms with Crippen molar-refractivity contribution in [3.8, 4) is 23.0 Å². The molecule has 0 saturated heterocycles. The summed E-state index contributed by atoms with van der Waals surface area (Å²) in [6, 6.07) is 18.2. The second kappa shape index (κ2) is 4.04. The number of para-hydroxylation sites is 2. The molecule has 1 aliphatic rings. The van der Waals surface area contributed by atoms with Gasteiger partial charge in [0.25, 0.3) is 0 Å². The quantitative estimate of drug-likeness (QED) is 0.406. The Morgan fingerprint density at radius 1 is 0.773 bits per heavy atom. The van der Waals surface area contributed by atoms with Gasteiger partial charge in [-0.3, -0.25) is 0 Å². The molecule has 0 aliphatic carbocycles. The zero-order valence-corrected chi connectivity index (χ0v) is 12.0. The van der Waals surface area contributed by atoms with E-state index >= 15 is 0 Å². The van der Waals surface area contributed by atoms with Crippen LogP contribution in [-0.4, -0.2) is 4.98 Å². The van der Waals surface area contributed by atoms with Crippen LogP contribution in [0.5, 0.6) is 23.0 Å². The summed E-state index contributed by atoms with van der Waals surface area (Å²) in [4.78, 5) is 3.47. The minimum Gasteiger partial charge on any atom is -0.449 e. The lowest BCUT2D eigenvalue weighted by Crippen LogP contribution is -1.98. The van der Waals surface area contributed by atoms with E-state index in [-0.39, 0.29) is 0 Å². The smallest absolute Gasteiger partial charge is 0.194 e. The fourth-order valence-electron chi connectivity index (χ4n) is 3.07. The molecule has 1 aliphatic heterocycles. The van der Waals surface area contributed by atoms with Crippen LogP contribution in [0.2, 0.25) is 0 Å². The lowest BCUT2D eigenvalue weighted by atomic mass is 10.1. The molecule has 0 amide bonds. The van der Waals surface area contributed by atoms with E-state index in [1.807, 2.05) is 30.3 Å². The summed E-state index contributed by atoms with van der Waals surface area (Å²) >= 11 is 0. The third-order valence-corrected chi connectivity index (χ3v) is 4.13. The molecule has 0 fully saturated rings. The lowest BCUT2D eigenvalue weighted by Gasteiger charge is -2.20. The largest absolute Gasteiger partial charge is 0.449 e. The van der Waals surface area contributed by atoms with Crippen LogP contribution in [0.4, 0.5) is 0 Å². The molecular weight excluding hydrogens is 274 g/mol. The predicted molar refractivity (Wildman–Crippen MR) is 87.1 cm³/mol. The molecule has 5 rings (SSSR count). The molecular formula is C19H13NO2. The van der Waals surface area contributed by atoms with E-state index in [2.05, 4.69) is 36.2 Å². The Morgan fingerprint density at radius 3 is 2.41 bits per heavy atom. The van der Waals surface area contributed by atoms with Gasteiger partial charge in [0, 0.05) is 16.3 Å². The molecule has 0 unspecified atom stereocenters. The van der Waals surface area contributed by atoms with Gasteiger partial charge < -0.3 is 14.5 Å². The first-order valence-corrected chi connectivity index (χ1v) is 7.29. The van der Waals surface area contributed by atoms with E-state index < -0.39 is 0 Å². The van der Waals surface area contributed by atoms with Crippen molar-refractivity contribution >= 4 is 21.8 Å². The molecule has 1 aromatic heterocycles. The number of aromatic amines is 1. The minimum atomic E-state index is 0.745. The van der Waals surface area contributed by atoms with Crippen LogP contribution in [-0.2, 0) is 0 Å². The summed E-state index contributed by atoms with van der Waals surface area (Å²) < 4.78 is 12.1. The number of ether oxygens (including phenoxy) is 2. The van der Waals surface area contributed by atoms with Crippen molar-refractivity contribution in [1.29, 1.82) is 0 Å². The highest BCUT2D eigenvalue weighted by atomic mass is 16.6. The first kappa shape index (κ1) is 11.7. The Balaban J connectivity index is 1.81. The highest BCUT2D eigenvalue weighted by molar-refractivity contribution is 6.10. The van der Waals surface area contributed by atoms with Gasteiger partial charge in [-0.1, -0.05) is 24.3 Å². The molecule has 1 N–H and O–H groups in total. The third-order valence-electron chi connectivity index (χ3n) is 4.13. The summed E-state index contributed by atoms with van der Waals surface area (Å²) in [6.07, 6.45) is 0. The summed E-state index contributed by atoms with van der Waals surface area (Å²) in [5.41, 5.74) is 3.33. The van der Waals surface area contributed by atoms with E-state index in [4.69, 9.17) is 9.47 Å². The fraction of sp³-hybridized carbons (Fsp3) is 0.0526. The number of hydrogen-bond donors (Lipinski definition) is 1. The average molecular weight is 287 g/mol. The van der Waals surface area contributed by atoms with Gasteiger partial charge in [-0.15, -0.1) is 0 Å².